The minimum Gasteiger partial charge on any atom is -0.490 e. The Bertz CT molecular complexity index is 860. The van der Waals surface area contributed by atoms with Crippen LogP contribution in [0.4, 0.5) is 0 Å². The summed E-state index contributed by atoms with van der Waals surface area (Å²) in [5.74, 6) is 0.928. The average Bonchev–Trinajstić information content (AvgIpc) is 3.06. The van der Waals surface area contributed by atoms with Crippen LogP contribution in [0.3, 0.4) is 0 Å². The van der Waals surface area contributed by atoms with Crippen LogP contribution in [0.1, 0.15) is 41.1 Å². The fraction of sp³-hybridized carbons (Fsp3) is 0.364. The highest BCUT2D eigenvalue weighted by molar-refractivity contribution is 5.95. The monoisotopic (exact) mass is 362 g/mol. The molecular formula is C22H22N2O3. The van der Waals surface area contributed by atoms with E-state index in [9.17, 15) is 10.1 Å². The molecule has 2 aliphatic rings. The van der Waals surface area contributed by atoms with E-state index in [1.54, 1.807) is 18.2 Å². The maximum absolute atomic E-state index is 13.2. The highest BCUT2D eigenvalue weighted by Gasteiger charge is 2.36. The molecule has 0 spiro atoms. The fourth-order valence-corrected chi connectivity index (χ4v) is 3.90. The number of nitriles is 1. The highest BCUT2D eigenvalue weighted by Crippen LogP contribution is 2.34. The van der Waals surface area contributed by atoms with Crippen molar-refractivity contribution in [3.05, 3.63) is 59.7 Å². The summed E-state index contributed by atoms with van der Waals surface area (Å²) in [6, 6.07) is 17.4. The molecule has 0 aliphatic carbocycles. The molecule has 2 unspecified atom stereocenters. The molecule has 0 radical (unpaired) electrons. The smallest absolute Gasteiger partial charge is 0.254 e. The predicted octanol–water partition coefficient (Wildman–Crippen LogP) is 3.76. The van der Waals surface area contributed by atoms with E-state index in [1.807, 2.05) is 35.2 Å². The normalized spacial score (nSPS) is 19.8. The molecule has 2 aromatic carbocycles. The number of amides is 1. The molecule has 1 amide bonds. The van der Waals surface area contributed by atoms with Crippen LogP contribution in [0, 0.1) is 11.3 Å². The second-order valence-electron chi connectivity index (χ2n) is 6.94. The van der Waals surface area contributed by atoms with Gasteiger partial charge in [0.2, 0.25) is 0 Å². The van der Waals surface area contributed by atoms with Crippen LogP contribution in [0.15, 0.2) is 48.5 Å². The molecule has 0 bridgehead atoms. The molecule has 0 saturated carbocycles. The highest BCUT2D eigenvalue weighted by atomic mass is 16.5. The molecule has 4 rings (SSSR count). The standard InChI is InChI=1S/C22H22N2O3/c23-15-18(16-6-2-1-3-7-16)19-8-4-11-24(19)22(25)17-9-10-20-21(14-17)27-13-5-12-26-20/h1-3,6-7,9-10,14,18-19H,4-5,8,11-13H2. The summed E-state index contributed by atoms with van der Waals surface area (Å²) in [5.41, 5.74) is 1.54. The lowest BCUT2D eigenvalue weighted by molar-refractivity contribution is 0.0727. The van der Waals surface area contributed by atoms with Crippen molar-refractivity contribution in [3.8, 4) is 17.6 Å². The zero-order valence-electron chi connectivity index (χ0n) is 15.1. The number of ether oxygens (including phenoxy) is 2. The molecule has 1 fully saturated rings. The summed E-state index contributed by atoms with van der Waals surface area (Å²) < 4.78 is 11.4. The van der Waals surface area contributed by atoms with E-state index in [1.165, 1.54) is 0 Å². The minimum atomic E-state index is -0.321. The van der Waals surface area contributed by atoms with Crippen molar-refractivity contribution in [2.24, 2.45) is 0 Å². The quantitative estimate of drug-likeness (QED) is 0.834. The lowest BCUT2D eigenvalue weighted by Gasteiger charge is -2.28. The lowest BCUT2D eigenvalue weighted by Crippen LogP contribution is -2.39. The Morgan fingerprint density at radius 3 is 2.63 bits per heavy atom. The maximum Gasteiger partial charge on any atom is 0.254 e. The molecule has 5 nitrogen and oxygen atoms in total. The molecule has 0 aromatic heterocycles. The van der Waals surface area contributed by atoms with Crippen LogP contribution >= 0.6 is 0 Å². The van der Waals surface area contributed by atoms with E-state index in [-0.39, 0.29) is 17.9 Å². The van der Waals surface area contributed by atoms with Gasteiger partial charge in [0.1, 0.15) is 0 Å². The van der Waals surface area contributed by atoms with Gasteiger partial charge < -0.3 is 14.4 Å². The Labute approximate surface area is 159 Å². The van der Waals surface area contributed by atoms with Gasteiger partial charge >= 0.3 is 0 Å². The van der Waals surface area contributed by atoms with E-state index in [0.29, 0.717) is 36.8 Å². The summed E-state index contributed by atoms with van der Waals surface area (Å²) in [6.45, 7) is 1.87. The minimum absolute atomic E-state index is 0.0515. The first-order chi connectivity index (χ1) is 13.3. The number of carbonyl (C=O) groups excluding carboxylic acids is 1. The van der Waals surface area contributed by atoms with Crippen molar-refractivity contribution in [2.45, 2.75) is 31.2 Å². The summed E-state index contributed by atoms with van der Waals surface area (Å²) in [5, 5.41) is 9.77. The number of nitrogens with zero attached hydrogens (tertiary/aromatic N) is 2. The van der Waals surface area contributed by atoms with Crippen LogP contribution in [-0.2, 0) is 0 Å². The van der Waals surface area contributed by atoms with Gasteiger partial charge in [0.15, 0.2) is 11.5 Å². The average molecular weight is 362 g/mol. The van der Waals surface area contributed by atoms with Gasteiger partial charge in [-0.25, -0.2) is 0 Å². The number of rotatable bonds is 3. The first kappa shape index (κ1) is 17.4. The third-order valence-electron chi connectivity index (χ3n) is 5.24. The van der Waals surface area contributed by atoms with Crippen LogP contribution in [0.5, 0.6) is 11.5 Å². The Balaban J connectivity index is 1.59. The number of benzene rings is 2. The maximum atomic E-state index is 13.2. The molecule has 0 N–H and O–H groups in total. The zero-order valence-corrected chi connectivity index (χ0v) is 15.1. The molecule has 1 saturated heterocycles. The van der Waals surface area contributed by atoms with E-state index < -0.39 is 0 Å². The van der Waals surface area contributed by atoms with Gasteiger partial charge in [-0.05, 0) is 36.6 Å². The van der Waals surface area contributed by atoms with Crippen LogP contribution < -0.4 is 9.47 Å². The molecule has 138 valence electrons. The number of hydrogen-bond donors (Lipinski definition) is 0. The zero-order chi connectivity index (χ0) is 18.6. The Kier molecular flexibility index (Phi) is 4.97. The van der Waals surface area contributed by atoms with Crippen LogP contribution in [0.2, 0.25) is 0 Å². The van der Waals surface area contributed by atoms with Crippen molar-refractivity contribution in [1.29, 1.82) is 5.26 Å². The van der Waals surface area contributed by atoms with Gasteiger partial charge in [-0.3, -0.25) is 4.79 Å². The topological polar surface area (TPSA) is 62.6 Å². The van der Waals surface area contributed by atoms with E-state index in [4.69, 9.17) is 9.47 Å². The van der Waals surface area contributed by atoms with Gasteiger partial charge in [-0.2, -0.15) is 5.26 Å². The number of likely N-dealkylation sites (tertiary alicyclic amines) is 1. The van der Waals surface area contributed by atoms with E-state index in [0.717, 1.165) is 24.8 Å². The Morgan fingerprint density at radius 2 is 1.85 bits per heavy atom. The molecule has 2 aromatic rings. The van der Waals surface area contributed by atoms with Crippen molar-refractivity contribution >= 4 is 5.91 Å². The van der Waals surface area contributed by atoms with Gasteiger partial charge in [0.25, 0.3) is 5.91 Å². The van der Waals surface area contributed by atoms with Crippen LogP contribution in [-0.4, -0.2) is 36.6 Å². The number of carbonyl (C=O) groups is 1. The van der Waals surface area contributed by atoms with E-state index in [2.05, 4.69) is 6.07 Å². The Morgan fingerprint density at radius 1 is 1.07 bits per heavy atom. The molecule has 2 atom stereocenters. The third-order valence-corrected chi connectivity index (χ3v) is 5.24. The van der Waals surface area contributed by atoms with Crippen LogP contribution in [0.25, 0.3) is 0 Å². The lowest BCUT2D eigenvalue weighted by atomic mass is 9.91. The first-order valence-electron chi connectivity index (χ1n) is 9.43. The largest absolute Gasteiger partial charge is 0.490 e. The molecule has 5 heteroatoms. The fourth-order valence-electron chi connectivity index (χ4n) is 3.90. The summed E-state index contributed by atoms with van der Waals surface area (Å²) in [7, 11) is 0. The third kappa shape index (κ3) is 3.48. The van der Waals surface area contributed by atoms with Crippen molar-refractivity contribution < 1.29 is 14.3 Å². The van der Waals surface area contributed by atoms with Crippen molar-refractivity contribution in [3.63, 3.8) is 0 Å². The summed E-state index contributed by atoms with van der Waals surface area (Å²) in [6.07, 6.45) is 2.57. The van der Waals surface area contributed by atoms with Crippen molar-refractivity contribution in [2.75, 3.05) is 19.8 Å². The Hall–Kier alpha value is -3.00. The van der Waals surface area contributed by atoms with Gasteiger partial charge in [-0.15, -0.1) is 0 Å². The van der Waals surface area contributed by atoms with E-state index >= 15 is 0 Å². The SMILES string of the molecule is N#CC(c1ccccc1)C1CCCN1C(=O)c1ccc2c(c1)OCCCO2. The van der Waals surface area contributed by atoms with Crippen molar-refractivity contribution in [1.82, 2.24) is 4.90 Å². The number of fused-ring (bicyclic) bond motifs is 1. The molecule has 2 aliphatic heterocycles. The first-order valence-corrected chi connectivity index (χ1v) is 9.43. The molecule has 2 heterocycles. The predicted molar refractivity (Wildman–Crippen MR) is 101 cm³/mol. The van der Waals surface area contributed by atoms with Gasteiger partial charge in [-0.1, -0.05) is 30.3 Å². The molecular weight excluding hydrogens is 340 g/mol. The summed E-state index contributed by atoms with van der Waals surface area (Å²) in [4.78, 5) is 15.0. The summed E-state index contributed by atoms with van der Waals surface area (Å²) >= 11 is 0. The van der Waals surface area contributed by atoms with Gasteiger partial charge in [0.05, 0.1) is 31.2 Å². The number of hydrogen-bond acceptors (Lipinski definition) is 4. The van der Waals surface area contributed by atoms with Gasteiger partial charge in [0, 0.05) is 18.5 Å². The second-order valence-corrected chi connectivity index (χ2v) is 6.94. The molecule has 27 heavy (non-hydrogen) atoms. The second kappa shape index (κ2) is 7.71.